The fraction of sp³-hybridized carbons (Fsp3) is 0.318. The van der Waals surface area contributed by atoms with Crippen LogP contribution in [0.25, 0.3) is 0 Å². The summed E-state index contributed by atoms with van der Waals surface area (Å²) in [5.74, 6) is -1.11. The minimum Gasteiger partial charge on any atom is -0.459 e. The lowest BCUT2D eigenvalue weighted by atomic mass is 10.1. The van der Waals surface area contributed by atoms with Crippen LogP contribution in [0, 0.1) is 0 Å². The van der Waals surface area contributed by atoms with Crippen LogP contribution in [0.2, 0.25) is 0 Å². The molecule has 2 aromatic carbocycles. The number of benzene rings is 2. The van der Waals surface area contributed by atoms with E-state index in [1.54, 1.807) is 51.1 Å². The van der Waals surface area contributed by atoms with E-state index in [0.29, 0.717) is 5.56 Å². The first-order valence-corrected chi connectivity index (χ1v) is 9.26. The summed E-state index contributed by atoms with van der Waals surface area (Å²) >= 11 is 0. The highest BCUT2D eigenvalue weighted by Gasteiger charge is 2.25. The van der Waals surface area contributed by atoms with Crippen LogP contribution in [0.5, 0.6) is 0 Å². The van der Waals surface area contributed by atoms with Crippen molar-refractivity contribution in [1.82, 2.24) is 10.6 Å². The van der Waals surface area contributed by atoms with E-state index < -0.39 is 29.6 Å². The molecular formula is C22H26N2O5. The van der Waals surface area contributed by atoms with Crippen LogP contribution < -0.4 is 10.6 Å². The van der Waals surface area contributed by atoms with Gasteiger partial charge in [-0.15, -0.1) is 0 Å². The Balaban J connectivity index is 1.98. The highest BCUT2D eigenvalue weighted by atomic mass is 16.6. The molecular weight excluding hydrogens is 372 g/mol. The third-order valence-corrected chi connectivity index (χ3v) is 3.70. The number of alkyl carbamates (subject to hydrolysis) is 1. The molecule has 0 saturated carbocycles. The zero-order valence-corrected chi connectivity index (χ0v) is 16.8. The number of ether oxygens (including phenoxy) is 2. The fourth-order valence-electron chi connectivity index (χ4n) is 2.47. The van der Waals surface area contributed by atoms with Gasteiger partial charge >= 0.3 is 12.1 Å². The number of hydrogen-bond acceptors (Lipinski definition) is 5. The molecule has 0 saturated heterocycles. The van der Waals surface area contributed by atoms with Crippen LogP contribution in [-0.2, 0) is 25.7 Å². The van der Waals surface area contributed by atoms with Crippen molar-refractivity contribution in [2.45, 2.75) is 39.0 Å². The number of carbonyl (C=O) groups is 3. The molecule has 2 rings (SSSR count). The number of esters is 1. The maximum atomic E-state index is 12.6. The molecule has 0 unspecified atom stereocenters. The molecule has 7 heteroatoms. The zero-order valence-electron chi connectivity index (χ0n) is 16.8. The highest BCUT2D eigenvalue weighted by molar-refractivity contribution is 5.89. The molecule has 0 aliphatic rings. The molecule has 0 aliphatic carbocycles. The van der Waals surface area contributed by atoms with E-state index in [2.05, 4.69) is 10.6 Å². The molecule has 2 aromatic rings. The van der Waals surface area contributed by atoms with Gasteiger partial charge in [0.2, 0.25) is 5.91 Å². The van der Waals surface area contributed by atoms with Crippen LogP contribution in [0.4, 0.5) is 4.79 Å². The predicted octanol–water partition coefficient (Wildman–Crippen LogP) is 3.11. The second kappa shape index (κ2) is 10.3. The third-order valence-electron chi connectivity index (χ3n) is 3.70. The van der Waals surface area contributed by atoms with Gasteiger partial charge in [0.15, 0.2) is 0 Å². The summed E-state index contributed by atoms with van der Waals surface area (Å²) in [5.41, 5.74) is 0.735. The summed E-state index contributed by atoms with van der Waals surface area (Å²) < 4.78 is 10.4. The van der Waals surface area contributed by atoms with Crippen molar-refractivity contribution in [3.05, 3.63) is 71.8 Å². The van der Waals surface area contributed by atoms with E-state index in [4.69, 9.17) is 9.47 Å². The Bertz CT molecular complexity index is 816. The van der Waals surface area contributed by atoms with E-state index in [9.17, 15) is 14.4 Å². The van der Waals surface area contributed by atoms with Gasteiger partial charge in [-0.1, -0.05) is 60.7 Å². The topological polar surface area (TPSA) is 93.7 Å². The van der Waals surface area contributed by atoms with Crippen LogP contribution in [0.15, 0.2) is 60.7 Å². The van der Waals surface area contributed by atoms with E-state index in [0.717, 1.165) is 5.56 Å². The van der Waals surface area contributed by atoms with Crippen molar-refractivity contribution in [3.8, 4) is 0 Å². The Morgan fingerprint density at radius 2 is 1.52 bits per heavy atom. The van der Waals surface area contributed by atoms with Gasteiger partial charge in [-0.05, 0) is 31.9 Å². The summed E-state index contributed by atoms with van der Waals surface area (Å²) in [5, 5.41) is 5.05. The minimum absolute atomic E-state index is 0.0771. The SMILES string of the molecule is CC(C)(C)OC(=O)CNC(=O)[C@H](NC(=O)OCc1ccccc1)c1ccccc1. The van der Waals surface area contributed by atoms with Crippen molar-refractivity contribution in [1.29, 1.82) is 0 Å². The predicted molar refractivity (Wildman–Crippen MR) is 108 cm³/mol. The van der Waals surface area contributed by atoms with Gasteiger partial charge in [0.1, 0.15) is 24.8 Å². The van der Waals surface area contributed by atoms with E-state index in [-0.39, 0.29) is 13.2 Å². The van der Waals surface area contributed by atoms with Crippen molar-refractivity contribution < 1.29 is 23.9 Å². The van der Waals surface area contributed by atoms with Crippen molar-refractivity contribution in [3.63, 3.8) is 0 Å². The summed E-state index contributed by atoms with van der Waals surface area (Å²) in [6.07, 6.45) is -0.741. The normalized spacial score (nSPS) is 11.8. The molecule has 7 nitrogen and oxygen atoms in total. The molecule has 0 spiro atoms. The molecule has 0 heterocycles. The van der Waals surface area contributed by atoms with E-state index in [1.807, 2.05) is 30.3 Å². The Hall–Kier alpha value is -3.35. The summed E-state index contributed by atoms with van der Waals surface area (Å²) in [6.45, 7) is 4.99. The molecule has 29 heavy (non-hydrogen) atoms. The molecule has 0 aliphatic heterocycles. The standard InChI is InChI=1S/C22H26N2O5/c1-22(2,3)29-18(25)14-23-20(26)19(17-12-8-5-9-13-17)24-21(27)28-15-16-10-6-4-7-11-16/h4-13,19H,14-15H2,1-3H3,(H,23,26)(H,24,27)/t19-/m1/s1. The summed E-state index contributed by atoms with van der Waals surface area (Å²) in [7, 11) is 0. The van der Waals surface area contributed by atoms with Crippen LogP contribution in [0.3, 0.4) is 0 Å². The molecule has 1 atom stereocenters. The molecule has 2 N–H and O–H groups in total. The maximum absolute atomic E-state index is 12.6. The number of nitrogens with one attached hydrogen (secondary N) is 2. The van der Waals surface area contributed by atoms with Gasteiger partial charge in [0.25, 0.3) is 0 Å². The highest BCUT2D eigenvalue weighted by Crippen LogP contribution is 2.14. The molecule has 2 amide bonds. The fourth-order valence-corrected chi connectivity index (χ4v) is 2.47. The molecule has 154 valence electrons. The number of carbonyl (C=O) groups excluding carboxylic acids is 3. The monoisotopic (exact) mass is 398 g/mol. The second-order valence-corrected chi connectivity index (χ2v) is 7.35. The average molecular weight is 398 g/mol. The molecule has 0 aromatic heterocycles. The maximum Gasteiger partial charge on any atom is 0.408 e. The first kappa shape index (κ1) is 21.9. The van der Waals surface area contributed by atoms with Gasteiger partial charge in [0, 0.05) is 0 Å². The van der Waals surface area contributed by atoms with E-state index >= 15 is 0 Å². The Kier molecular flexibility index (Phi) is 7.77. The smallest absolute Gasteiger partial charge is 0.408 e. The lowest BCUT2D eigenvalue weighted by molar-refractivity contribution is -0.154. The van der Waals surface area contributed by atoms with Gasteiger partial charge in [0.05, 0.1) is 0 Å². The molecule has 0 radical (unpaired) electrons. The molecule has 0 bridgehead atoms. The lowest BCUT2D eigenvalue weighted by Gasteiger charge is -2.21. The number of hydrogen-bond donors (Lipinski definition) is 2. The van der Waals surface area contributed by atoms with Crippen LogP contribution in [-0.4, -0.2) is 30.1 Å². The second-order valence-electron chi connectivity index (χ2n) is 7.35. The zero-order chi connectivity index (χ0) is 21.3. The van der Waals surface area contributed by atoms with Gasteiger partial charge in [-0.2, -0.15) is 0 Å². The minimum atomic E-state index is -1.01. The van der Waals surface area contributed by atoms with Gasteiger partial charge < -0.3 is 20.1 Å². The number of amides is 2. The van der Waals surface area contributed by atoms with Gasteiger partial charge in [-0.25, -0.2) is 4.79 Å². The van der Waals surface area contributed by atoms with E-state index in [1.165, 1.54) is 0 Å². The van der Waals surface area contributed by atoms with Crippen molar-refractivity contribution >= 4 is 18.0 Å². The first-order chi connectivity index (χ1) is 13.7. The Morgan fingerprint density at radius 3 is 2.10 bits per heavy atom. The molecule has 0 fully saturated rings. The quantitative estimate of drug-likeness (QED) is 0.699. The first-order valence-electron chi connectivity index (χ1n) is 9.26. The Morgan fingerprint density at radius 1 is 0.931 bits per heavy atom. The van der Waals surface area contributed by atoms with Crippen LogP contribution in [0.1, 0.15) is 37.9 Å². The largest absolute Gasteiger partial charge is 0.459 e. The number of rotatable bonds is 7. The summed E-state index contributed by atoms with van der Waals surface area (Å²) in [4.78, 5) is 36.7. The van der Waals surface area contributed by atoms with Crippen LogP contribution >= 0.6 is 0 Å². The van der Waals surface area contributed by atoms with Crippen molar-refractivity contribution in [2.24, 2.45) is 0 Å². The van der Waals surface area contributed by atoms with Crippen molar-refractivity contribution in [2.75, 3.05) is 6.54 Å². The Labute approximate surface area is 170 Å². The summed E-state index contributed by atoms with van der Waals surface area (Å²) in [6, 6.07) is 16.9. The lowest BCUT2D eigenvalue weighted by Crippen LogP contribution is -2.43. The third kappa shape index (κ3) is 8.04. The van der Waals surface area contributed by atoms with Gasteiger partial charge in [-0.3, -0.25) is 9.59 Å². The average Bonchev–Trinajstić information content (AvgIpc) is 2.69.